The number of aryl methyl sites for hydroxylation is 2. The van der Waals surface area contributed by atoms with Crippen LogP contribution in [0.2, 0.25) is 0 Å². The molecule has 0 spiro atoms. The summed E-state index contributed by atoms with van der Waals surface area (Å²) in [5.74, 6) is 0.729. The quantitative estimate of drug-likeness (QED) is 0.810. The average molecular weight is 309 g/mol. The predicted octanol–water partition coefficient (Wildman–Crippen LogP) is 1.43. The zero-order valence-electron chi connectivity index (χ0n) is 12.4. The van der Waals surface area contributed by atoms with Gasteiger partial charge >= 0.3 is 0 Å². The maximum absolute atomic E-state index is 12.2. The number of benzene rings is 1. The number of hydrogen-bond acceptors (Lipinski definition) is 4. The van der Waals surface area contributed by atoms with Gasteiger partial charge in [0.2, 0.25) is 10.0 Å². The van der Waals surface area contributed by atoms with Crippen molar-refractivity contribution in [2.24, 2.45) is 7.05 Å². The van der Waals surface area contributed by atoms with Crippen LogP contribution in [-0.2, 0) is 17.1 Å². The van der Waals surface area contributed by atoms with Crippen molar-refractivity contribution in [1.29, 1.82) is 0 Å². The first kappa shape index (κ1) is 15.5. The molecule has 1 heterocycles. The van der Waals surface area contributed by atoms with E-state index < -0.39 is 10.0 Å². The first-order chi connectivity index (χ1) is 9.89. The Balaban J connectivity index is 1.92. The summed E-state index contributed by atoms with van der Waals surface area (Å²) in [7, 11) is -0.301. The summed E-state index contributed by atoms with van der Waals surface area (Å²) < 4.78 is 32.8. The smallest absolute Gasteiger partial charge is 0.246 e. The molecule has 0 fully saturated rings. The highest BCUT2D eigenvalue weighted by molar-refractivity contribution is 7.89. The van der Waals surface area contributed by atoms with Gasteiger partial charge in [0.05, 0.1) is 6.20 Å². The second kappa shape index (κ2) is 6.28. The Morgan fingerprint density at radius 1 is 1.29 bits per heavy atom. The Bertz CT molecular complexity index is 693. The van der Waals surface area contributed by atoms with Gasteiger partial charge in [0.1, 0.15) is 17.3 Å². The van der Waals surface area contributed by atoms with Crippen LogP contribution in [0.3, 0.4) is 0 Å². The van der Waals surface area contributed by atoms with Crippen molar-refractivity contribution < 1.29 is 13.2 Å². The van der Waals surface area contributed by atoms with Crippen molar-refractivity contribution in [1.82, 2.24) is 14.1 Å². The Hall–Kier alpha value is -1.86. The number of rotatable bonds is 6. The number of likely N-dealkylation sites (N-methyl/N-ethyl adjacent to an activating group) is 1. The van der Waals surface area contributed by atoms with E-state index in [1.54, 1.807) is 7.05 Å². The lowest BCUT2D eigenvalue weighted by Crippen LogP contribution is -2.30. The third-order valence-electron chi connectivity index (χ3n) is 3.09. The highest BCUT2D eigenvalue weighted by Crippen LogP contribution is 2.14. The van der Waals surface area contributed by atoms with Crippen LogP contribution in [0, 0.1) is 6.92 Å². The van der Waals surface area contributed by atoms with Gasteiger partial charge in [-0.25, -0.2) is 8.42 Å². The summed E-state index contributed by atoms with van der Waals surface area (Å²) in [5.41, 5.74) is 1.15. The number of sulfonamides is 1. The molecule has 2 aromatic rings. The molecular weight excluding hydrogens is 290 g/mol. The van der Waals surface area contributed by atoms with E-state index in [0.29, 0.717) is 6.61 Å². The summed E-state index contributed by atoms with van der Waals surface area (Å²) >= 11 is 0. The van der Waals surface area contributed by atoms with Crippen LogP contribution < -0.4 is 4.74 Å². The summed E-state index contributed by atoms with van der Waals surface area (Å²) in [6.07, 6.45) is 2.82. The van der Waals surface area contributed by atoms with Crippen LogP contribution >= 0.6 is 0 Å². The van der Waals surface area contributed by atoms with E-state index in [0.717, 1.165) is 11.3 Å². The zero-order chi connectivity index (χ0) is 15.5. The molecule has 0 saturated heterocycles. The van der Waals surface area contributed by atoms with E-state index >= 15 is 0 Å². The molecule has 0 aliphatic rings. The first-order valence-corrected chi connectivity index (χ1v) is 7.98. The van der Waals surface area contributed by atoms with Crippen LogP contribution in [0.4, 0.5) is 0 Å². The molecule has 0 aliphatic carbocycles. The van der Waals surface area contributed by atoms with E-state index in [1.165, 1.54) is 28.4 Å². The molecule has 2 rings (SSSR count). The number of hydrogen-bond donors (Lipinski definition) is 0. The fourth-order valence-electron chi connectivity index (χ4n) is 1.76. The van der Waals surface area contributed by atoms with Crippen LogP contribution in [0.25, 0.3) is 0 Å². The molecule has 0 aliphatic heterocycles. The third kappa shape index (κ3) is 3.83. The van der Waals surface area contributed by atoms with E-state index in [1.807, 2.05) is 31.2 Å². The van der Waals surface area contributed by atoms with Gasteiger partial charge in [0, 0.05) is 26.8 Å². The van der Waals surface area contributed by atoms with Crippen molar-refractivity contribution in [3.8, 4) is 5.75 Å². The van der Waals surface area contributed by atoms with E-state index in [4.69, 9.17) is 4.74 Å². The maximum atomic E-state index is 12.2. The van der Waals surface area contributed by atoms with E-state index in [2.05, 4.69) is 5.10 Å². The van der Waals surface area contributed by atoms with Crippen molar-refractivity contribution in [3.63, 3.8) is 0 Å². The standard InChI is InChI=1S/C14H19N3O3S/c1-12-4-6-13(7-5-12)20-9-8-17(3)21(18,19)14-10-15-16(2)11-14/h4-7,10-11H,8-9H2,1-3H3. The minimum absolute atomic E-state index is 0.183. The molecule has 0 radical (unpaired) electrons. The normalized spacial score (nSPS) is 11.8. The first-order valence-electron chi connectivity index (χ1n) is 6.54. The second-order valence-electron chi connectivity index (χ2n) is 4.84. The molecular formula is C14H19N3O3S. The lowest BCUT2D eigenvalue weighted by Gasteiger charge is -2.16. The molecule has 21 heavy (non-hydrogen) atoms. The SMILES string of the molecule is Cc1ccc(OCCN(C)S(=O)(=O)c2cnn(C)c2)cc1. The van der Waals surface area contributed by atoms with E-state index in [-0.39, 0.29) is 11.4 Å². The molecule has 1 aromatic carbocycles. The van der Waals surface area contributed by atoms with Gasteiger partial charge in [0.25, 0.3) is 0 Å². The summed E-state index contributed by atoms with van der Waals surface area (Å²) in [6.45, 7) is 2.56. The highest BCUT2D eigenvalue weighted by atomic mass is 32.2. The Morgan fingerprint density at radius 3 is 2.52 bits per heavy atom. The number of nitrogens with zero attached hydrogens (tertiary/aromatic N) is 3. The van der Waals surface area contributed by atoms with Crippen LogP contribution in [-0.4, -0.2) is 42.7 Å². The minimum atomic E-state index is -3.51. The minimum Gasteiger partial charge on any atom is -0.492 e. The van der Waals surface area contributed by atoms with Crippen molar-refractivity contribution in [2.75, 3.05) is 20.2 Å². The summed E-state index contributed by atoms with van der Waals surface area (Å²) in [5, 5.41) is 3.88. The number of ether oxygens (including phenoxy) is 1. The average Bonchev–Trinajstić information content (AvgIpc) is 2.88. The molecule has 1 aromatic heterocycles. The van der Waals surface area contributed by atoms with Gasteiger partial charge in [-0.1, -0.05) is 17.7 Å². The maximum Gasteiger partial charge on any atom is 0.246 e. The third-order valence-corrected chi connectivity index (χ3v) is 4.90. The largest absolute Gasteiger partial charge is 0.492 e. The molecule has 114 valence electrons. The second-order valence-corrected chi connectivity index (χ2v) is 6.88. The Kier molecular flexibility index (Phi) is 4.64. The van der Waals surface area contributed by atoms with Gasteiger partial charge in [-0.2, -0.15) is 9.40 Å². The molecule has 7 heteroatoms. The monoisotopic (exact) mass is 309 g/mol. The van der Waals surface area contributed by atoms with Crippen LogP contribution in [0.5, 0.6) is 5.75 Å². The molecule has 0 bridgehead atoms. The zero-order valence-corrected chi connectivity index (χ0v) is 13.2. The van der Waals surface area contributed by atoms with Gasteiger partial charge in [-0.15, -0.1) is 0 Å². The summed E-state index contributed by atoms with van der Waals surface area (Å²) in [4.78, 5) is 0.183. The van der Waals surface area contributed by atoms with Crippen molar-refractivity contribution in [3.05, 3.63) is 42.2 Å². The predicted molar refractivity (Wildman–Crippen MR) is 79.7 cm³/mol. The summed E-state index contributed by atoms with van der Waals surface area (Å²) in [6, 6.07) is 7.63. The molecule has 0 atom stereocenters. The van der Waals surface area contributed by atoms with Crippen molar-refractivity contribution >= 4 is 10.0 Å². The Labute approximate surface area is 125 Å². The molecule has 0 unspecified atom stereocenters. The molecule has 0 amide bonds. The molecule has 0 saturated carbocycles. The number of aromatic nitrogens is 2. The van der Waals surface area contributed by atoms with Gasteiger partial charge in [0.15, 0.2) is 0 Å². The van der Waals surface area contributed by atoms with Gasteiger partial charge in [-0.3, -0.25) is 4.68 Å². The molecule has 6 nitrogen and oxygen atoms in total. The Morgan fingerprint density at radius 2 is 1.95 bits per heavy atom. The molecule has 0 N–H and O–H groups in total. The van der Waals surface area contributed by atoms with Crippen LogP contribution in [0.1, 0.15) is 5.56 Å². The highest BCUT2D eigenvalue weighted by Gasteiger charge is 2.22. The van der Waals surface area contributed by atoms with Gasteiger partial charge in [-0.05, 0) is 19.1 Å². The lowest BCUT2D eigenvalue weighted by molar-refractivity contribution is 0.287. The fourth-order valence-corrected chi connectivity index (χ4v) is 2.90. The van der Waals surface area contributed by atoms with Gasteiger partial charge < -0.3 is 4.74 Å². The fraction of sp³-hybridized carbons (Fsp3) is 0.357. The van der Waals surface area contributed by atoms with Crippen LogP contribution in [0.15, 0.2) is 41.6 Å². The van der Waals surface area contributed by atoms with Crippen molar-refractivity contribution in [2.45, 2.75) is 11.8 Å². The lowest BCUT2D eigenvalue weighted by atomic mass is 10.2. The topological polar surface area (TPSA) is 64.4 Å². The van der Waals surface area contributed by atoms with E-state index in [9.17, 15) is 8.42 Å².